The summed E-state index contributed by atoms with van der Waals surface area (Å²) in [5.41, 5.74) is 1.30. The Balaban J connectivity index is 1.23. The van der Waals surface area contributed by atoms with E-state index in [1.54, 1.807) is 21.9 Å². The van der Waals surface area contributed by atoms with E-state index < -0.39 is 5.82 Å². The van der Waals surface area contributed by atoms with E-state index in [4.69, 9.17) is 0 Å². The number of carbonyl (C=O) groups is 3. The quantitative estimate of drug-likeness (QED) is 0.674. The van der Waals surface area contributed by atoms with Gasteiger partial charge in [0, 0.05) is 56.8 Å². The van der Waals surface area contributed by atoms with Gasteiger partial charge in [0.25, 0.3) is 5.91 Å². The summed E-state index contributed by atoms with van der Waals surface area (Å²) in [4.78, 5) is 43.3. The number of amides is 3. The van der Waals surface area contributed by atoms with Gasteiger partial charge in [0.05, 0.1) is 0 Å². The van der Waals surface area contributed by atoms with E-state index in [0.717, 1.165) is 5.56 Å². The van der Waals surface area contributed by atoms with Gasteiger partial charge >= 0.3 is 0 Å². The molecule has 3 amide bonds. The third-order valence-corrected chi connectivity index (χ3v) is 6.32. The second kappa shape index (κ2) is 10.4. The van der Waals surface area contributed by atoms with Crippen LogP contribution in [-0.4, -0.2) is 71.7 Å². The fourth-order valence-electron chi connectivity index (χ4n) is 4.38. The van der Waals surface area contributed by atoms with E-state index in [1.165, 1.54) is 18.2 Å². The number of piperidine rings is 1. The highest BCUT2D eigenvalue weighted by Gasteiger charge is 2.32. The second-order valence-electron chi connectivity index (χ2n) is 8.47. The summed E-state index contributed by atoms with van der Waals surface area (Å²) >= 11 is 0. The maximum atomic E-state index is 13.4. The molecule has 0 saturated carbocycles. The molecule has 2 fully saturated rings. The van der Waals surface area contributed by atoms with Gasteiger partial charge in [-0.15, -0.1) is 0 Å². The molecule has 2 aromatic rings. The molecule has 0 unspecified atom stereocenters. The van der Waals surface area contributed by atoms with Crippen molar-refractivity contribution in [2.75, 3.05) is 39.3 Å². The molecule has 7 heteroatoms. The van der Waals surface area contributed by atoms with Gasteiger partial charge in [-0.25, -0.2) is 4.39 Å². The molecule has 2 aliphatic rings. The zero-order chi connectivity index (χ0) is 23.2. The Morgan fingerprint density at radius 2 is 1.45 bits per heavy atom. The van der Waals surface area contributed by atoms with Crippen molar-refractivity contribution in [3.8, 4) is 0 Å². The van der Waals surface area contributed by atoms with Gasteiger partial charge in [-0.2, -0.15) is 0 Å². The van der Waals surface area contributed by atoms with Gasteiger partial charge in [-0.1, -0.05) is 36.4 Å². The average Bonchev–Trinajstić information content (AvgIpc) is 2.87. The van der Waals surface area contributed by atoms with Gasteiger partial charge in [0.1, 0.15) is 5.82 Å². The molecule has 0 atom stereocenters. The third kappa shape index (κ3) is 5.66. The molecular formula is C26H28FN3O3. The van der Waals surface area contributed by atoms with Crippen molar-refractivity contribution >= 4 is 23.8 Å². The molecular weight excluding hydrogens is 421 g/mol. The lowest BCUT2D eigenvalue weighted by molar-refractivity contribution is -0.140. The van der Waals surface area contributed by atoms with Crippen LogP contribution in [-0.2, 0) is 9.59 Å². The minimum atomic E-state index is -0.435. The van der Waals surface area contributed by atoms with Crippen molar-refractivity contribution in [1.82, 2.24) is 14.7 Å². The number of carbonyl (C=O) groups excluding carboxylic acids is 3. The highest BCUT2D eigenvalue weighted by molar-refractivity contribution is 5.94. The molecule has 6 nitrogen and oxygen atoms in total. The summed E-state index contributed by atoms with van der Waals surface area (Å²) < 4.78 is 13.4. The molecule has 0 N–H and O–H groups in total. The fraction of sp³-hybridized carbons (Fsp3) is 0.346. The van der Waals surface area contributed by atoms with Crippen molar-refractivity contribution < 1.29 is 18.8 Å². The van der Waals surface area contributed by atoms with Crippen LogP contribution in [0.4, 0.5) is 4.39 Å². The first-order chi connectivity index (χ1) is 16.0. The largest absolute Gasteiger partial charge is 0.339 e. The van der Waals surface area contributed by atoms with Crippen LogP contribution in [0, 0.1) is 11.7 Å². The Hall–Kier alpha value is -3.48. The fourth-order valence-corrected chi connectivity index (χ4v) is 4.38. The minimum absolute atomic E-state index is 0.0331. The van der Waals surface area contributed by atoms with E-state index in [9.17, 15) is 18.8 Å². The number of likely N-dealkylation sites (tertiary alicyclic amines) is 1. The van der Waals surface area contributed by atoms with Gasteiger partial charge in [0.2, 0.25) is 11.8 Å². The van der Waals surface area contributed by atoms with Crippen molar-refractivity contribution in [2.24, 2.45) is 5.92 Å². The Kier molecular flexibility index (Phi) is 7.17. The van der Waals surface area contributed by atoms with Gasteiger partial charge < -0.3 is 14.7 Å². The summed E-state index contributed by atoms with van der Waals surface area (Å²) in [5.74, 6) is -0.682. The van der Waals surface area contributed by atoms with Gasteiger partial charge in [-0.3, -0.25) is 14.4 Å². The van der Waals surface area contributed by atoms with Crippen LogP contribution in [0.3, 0.4) is 0 Å². The molecule has 0 spiro atoms. The van der Waals surface area contributed by atoms with E-state index in [1.807, 2.05) is 41.3 Å². The average molecular weight is 450 g/mol. The van der Waals surface area contributed by atoms with Crippen LogP contribution >= 0.6 is 0 Å². The summed E-state index contributed by atoms with van der Waals surface area (Å²) in [7, 11) is 0. The molecule has 0 aliphatic carbocycles. The topological polar surface area (TPSA) is 60.9 Å². The Bertz CT molecular complexity index is 1020. The van der Waals surface area contributed by atoms with E-state index >= 15 is 0 Å². The van der Waals surface area contributed by atoms with Crippen LogP contribution in [0.2, 0.25) is 0 Å². The lowest BCUT2D eigenvalue weighted by Gasteiger charge is -2.38. The number of hydrogen-bond acceptors (Lipinski definition) is 3. The van der Waals surface area contributed by atoms with E-state index in [2.05, 4.69) is 0 Å². The number of nitrogens with zero attached hydrogens (tertiary/aromatic N) is 3. The molecule has 2 heterocycles. The summed E-state index contributed by atoms with van der Waals surface area (Å²) in [6.07, 6.45) is 4.69. The zero-order valence-electron chi connectivity index (χ0n) is 18.5. The molecule has 4 rings (SSSR count). The molecule has 0 bridgehead atoms. The number of rotatable bonds is 4. The Labute approximate surface area is 193 Å². The number of hydrogen-bond donors (Lipinski definition) is 0. The van der Waals surface area contributed by atoms with E-state index in [-0.39, 0.29) is 23.6 Å². The second-order valence-corrected chi connectivity index (χ2v) is 8.47. The highest BCUT2D eigenvalue weighted by Crippen LogP contribution is 2.21. The molecule has 2 aliphatic heterocycles. The maximum absolute atomic E-state index is 13.4. The zero-order valence-corrected chi connectivity index (χ0v) is 18.5. The number of halogens is 1. The Morgan fingerprint density at radius 1 is 0.788 bits per heavy atom. The Morgan fingerprint density at radius 3 is 2.12 bits per heavy atom. The summed E-state index contributed by atoms with van der Waals surface area (Å²) in [6, 6.07) is 15.4. The van der Waals surface area contributed by atoms with Crippen molar-refractivity contribution in [3.05, 3.63) is 77.6 Å². The van der Waals surface area contributed by atoms with Crippen molar-refractivity contribution in [1.29, 1.82) is 0 Å². The van der Waals surface area contributed by atoms with Crippen LogP contribution < -0.4 is 0 Å². The smallest absolute Gasteiger partial charge is 0.254 e. The summed E-state index contributed by atoms with van der Waals surface area (Å²) in [6.45, 7) is 2.93. The summed E-state index contributed by atoms with van der Waals surface area (Å²) in [5, 5.41) is 0. The minimum Gasteiger partial charge on any atom is -0.339 e. The standard InChI is InChI=1S/C26H28FN3O3/c27-23-8-4-7-22(19-23)26(33)30-17-15-29(16-18-30)25(32)21-11-13-28(14-12-21)24(31)10-9-20-5-2-1-3-6-20/h1-10,19,21H,11-18H2/b10-9+. The van der Waals surface area contributed by atoms with E-state index in [0.29, 0.717) is 57.7 Å². The maximum Gasteiger partial charge on any atom is 0.254 e. The lowest BCUT2D eigenvalue weighted by atomic mass is 9.94. The molecule has 33 heavy (non-hydrogen) atoms. The first-order valence-electron chi connectivity index (χ1n) is 11.4. The monoisotopic (exact) mass is 449 g/mol. The molecule has 0 radical (unpaired) electrons. The normalized spacial score (nSPS) is 17.4. The van der Waals surface area contributed by atoms with Gasteiger partial charge in [-0.05, 0) is 42.7 Å². The highest BCUT2D eigenvalue weighted by atomic mass is 19.1. The molecule has 0 aromatic heterocycles. The van der Waals surface area contributed by atoms with Crippen LogP contribution in [0.1, 0.15) is 28.8 Å². The number of benzene rings is 2. The first kappa shape index (κ1) is 22.7. The molecule has 172 valence electrons. The molecule has 2 aromatic carbocycles. The van der Waals surface area contributed by atoms with Crippen molar-refractivity contribution in [3.63, 3.8) is 0 Å². The number of piperazine rings is 1. The van der Waals surface area contributed by atoms with Gasteiger partial charge in [0.15, 0.2) is 0 Å². The predicted octanol–water partition coefficient (Wildman–Crippen LogP) is 3.06. The first-order valence-corrected chi connectivity index (χ1v) is 11.4. The lowest BCUT2D eigenvalue weighted by Crippen LogP contribution is -2.53. The van der Waals surface area contributed by atoms with Crippen LogP contribution in [0.5, 0.6) is 0 Å². The SMILES string of the molecule is O=C(/C=C/c1ccccc1)N1CCC(C(=O)N2CCN(C(=O)c3cccc(F)c3)CC2)CC1. The van der Waals surface area contributed by atoms with Crippen LogP contribution in [0.15, 0.2) is 60.7 Å². The third-order valence-electron chi connectivity index (χ3n) is 6.32. The van der Waals surface area contributed by atoms with Crippen molar-refractivity contribution in [2.45, 2.75) is 12.8 Å². The van der Waals surface area contributed by atoms with Crippen LogP contribution in [0.25, 0.3) is 6.08 Å². The predicted molar refractivity (Wildman–Crippen MR) is 124 cm³/mol. The molecule has 2 saturated heterocycles.